The van der Waals surface area contributed by atoms with E-state index in [1.165, 1.54) is 0 Å². The molecule has 0 aliphatic heterocycles. The minimum atomic E-state index is -0.0301. The van der Waals surface area contributed by atoms with Gasteiger partial charge in [-0.3, -0.25) is 4.79 Å². The SMILES string of the molecule is CNCc1nnc(NCCC(=O)NC)o1. The van der Waals surface area contributed by atoms with Gasteiger partial charge in [0.25, 0.3) is 0 Å². The monoisotopic (exact) mass is 213 g/mol. The second-order valence-corrected chi connectivity index (χ2v) is 2.88. The molecule has 0 atom stereocenters. The van der Waals surface area contributed by atoms with Crippen LogP contribution in [-0.2, 0) is 11.3 Å². The van der Waals surface area contributed by atoms with Crippen LogP contribution in [0.25, 0.3) is 0 Å². The van der Waals surface area contributed by atoms with Crippen LogP contribution in [-0.4, -0.2) is 36.7 Å². The average molecular weight is 213 g/mol. The zero-order valence-electron chi connectivity index (χ0n) is 8.83. The summed E-state index contributed by atoms with van der Waals surface area (Å²) in [6.45, 7) is 1.00. The maximum atomic E-state index is 10.9. The van der Waals surface area contributed by atoms with Crippen LogP contribution in [0.4, 0.5) is 6.01 Å². The van der Waals surface area contributed by atoms with Gasteiger partial charge in [0.05, 0.1) is 6.54 Å². The first-order valence-electron chi connectivity index (χ1n) is 4.67. The van der Waals surface area contributed by atoms with Crippen molar-refractivity contribution in [3.63, 3.8) is 0 Å². The molecule has 7 heteroatoms. The van der Waals surface area contributed by atoms with Crippen LogP contribution in [0.1, 0.15) is 12.3 Å². The molecule has 1 heterocycles. The lowest BCUT2D eigenvalue weighted by Gasteiger charge is -1.99. The standard InChI is InChI=1S/C8H15N5O2/c1-9-5-7-12-13-8(15-7)11-4-3-6(14)10-2/h9H,3-5H2,1-2H3,(H,10,14)(H,11,13). The fourth-order valence-corrected chi connectivity index (χ4v) is 0.956. The molecule has 0 radical (unpaired) electrons. The molecule has 3 N–H and O–H groups in total. The van der Waals surface area contributed by atoms with Gasteiger partial charge in [0, 0.05) is 20.0 Å². The fourth-order valence-electron chi connectivity index (χ4n) is 0.956. The summed E-state index contributed by atoms with van der Waals surface area (Å²) in [5, 5.41) is 15.8. The summed E-state index contributed by atoms with van der Waals surface area (Å²) in [6.07, 6.45) is 0.375. The number of carbonyl (C=O) groups excluding carboxylic acids is 1. The quantitative estimate of drug-likeness (QED) is 0.581. The van der Waals surface area contributed by atoms with Crippen molar-refractivity contribution < 1.29 is 9.21 Å². The number of aromatic nitrogens is 2. The number of hydrogen-bond acceptors (Lipinski definition) is 6. The Bertz CT molecular complexity index is 312. The minimum Gasteiger partial charge on any atom is -0.407 e. The van der Waals surface area contributed by atoms with Gasteiger partial charge in [-0.25, -0.2) is 0 Å². The van der Waals surface area contributed by atoms with E-state index >= 15 is 0 Å². The van der Waals surface area contributed by atoms with Crippen LogP contribution in [0.15, 0.2) is 4.42 Å². The topological polar surface area (TPSA) is 92.1 Å². The number of nitrogens with zero attached hydrogens (tertiary/aromatic N) is 2. The predicted molar refractivity (Wildman–Crippen MR) is 54.2 cm³/mol. The van der Waals surface area contributed by atoms with Gasteiger partial charge in [-0.05, 0) is 7.05 Å². The second-order valence-electron chi connectivity index (χ2n) is 2.88. The molecule has 0 bridgehead atoms. The molecule has 1 rings (SSSR count). The highest BCUT2D eigenvalue weighted by Crippen LogP contribution is 2.04. The molecule has 84 valence electrons. The number of anilines is 1. The van der Waals surface area contributed by atoms with Gasteiger partial charge in [0.15, 0.2) is 0 Å². The molecule has 0 unspecified atom stereocenters. The summed E-state index contributed by atoms with van der Waals surface area (Å²) in [4.78, 5) is 10.9. The van der Waals surface area contributed by atoms with E-state index in [1.807, 2.05) is 0 Å². The van der Waals surface area contributed by atoms with E-state index in [1.54, 1.807) is 14.1 Å². The summed E-state index contributed by atoms with van der Waals surface area (Å²) in [5.74, 6) is 0.484. The van der Waals surface area contributed by atoms with Gasteiger partial charge in [0.1, 0.15) is 0 Å². The molecule has 0 aliphatic carbocycles. The van der Waals surface area contributed by atoms with Crippen LogP contribution < -0.4 is 16.0 Å². The third-order valence-electron chi connectivity index (χ3n) is 1.70. The van der Waals surface area contributed by atoms with Crippen molar-refractivity contribution in [2.45, 2.75) is 13.0 Å². The van der Waals surface area contributed by atoms with E-state index in [0.29, 0.717) is 31.4 Å². The highest BCUT2D eigenvalue weighted by Gasteiger charge is 2.04. The molecular formula is C8H15N5O2. The number of amides is 1. The van der Waals surface area contributed by atoms with Gasteiger partial charge >= 0.3 is 6.01 Å². The normalized spacial score (nSPS) is 10.0. The molecule has 0 saturated heterocycles. The smallest absolute Gasteiger partial charge is 0.315 e. The van der Waals surface area contributed by atoms with Crippen molar-refractivity contribution >= 4 is 11.9 Å². The lowest BCUT2D eigenvalue weighted by atomic mass is 10.4. The van der Waals surface area contributed by atoms with Crippen LogP contribution in [0.2, 0.25) is 0 Å². The van der Waals surface area contributed by atoms with Gasteiger partial charge in [-0.2, -0.15) is 0 Å². The van der Waals surface area contributed by atoms with E-state index in [0.717, 1.165) is 0 Å². The molecule has 7 nitrogen and oxygen atoms in total. The third-order valence-corrected chi connectivity index (χ3v) is 1.70. The first-order chi connectivity index (χ1) is 7.26. The minimum absolute atomic E-state index is 0.0301. The summed E-state index contributed by atoms with van der Waals surface area (Å²) in [7, 11) is 3.39. The van der Waals surface area contributed by atoms with Crippen LogP contribution in [0, 0.1) is 0 Å². The van der Waals surface area contributed by atoms with Gasteiger partial charge in [-0.1, -0.05) is 5.10 Å². The molecular weight excluding hydrogens is 198 g/mol. The largest absolute Gasteiger partial charge is 0.407 e. The van der Waals surface area contributed by atoms with Crippen molar-refractivity contribution in [1.29, 1.82) is 0 Å². The van der Waals surface area contributed by atoms with Crippen LogP contribution in [0.3, 0.4) is 0 Å². The van der Waals surface area contributed by atoms with Crippen LogP contribution in [0.5, 0.6) is 0 Å². The first-order valence-corrected chi connectivity index (χ1v) is 4.67. The Hall–Kier alpha value is -1.63. The summed E-state index contributed by atoms with van der Waals surface area (Å²) in [6, 6.07) is 0.337. The summed E-state index contributed by atoms with van der Waals surface area (Å²) in [5.41, 5.74) is 0. The Kier molecular flexibility index (Phi) is 4.55. The Labute approximate surface area is 87.6 Å². The molecule has 0 spiro atoms. The van der Waals surface area contributed by atoms with Gasteiger partial charge < -0.3 is 20.4 Å². The maximum Gasteiger partial charge on any atom is 0.315 e. The number of nitrogens with one attached hydrogen (secondary N) is 3. The lowest BCUT2D eigenvalue weighted by Crippen LogP contribution is -2.20. The van der Waals surface area contributed by atoms with Crippen molar-refractivity contribution in [2.75, 3.05) is 26.0 Å². The molecule has 0 aromatic carbocycles. The fraction of sp³-hybridized carbons (Fsp3) is 0.625. The zero-order chi connectivity index (χ0) is 11.1. The Balaban J connectivity index is 2.28. The average Bonchev–Trinajstić information content (AvgIpc) is 2.66. The molecule has 0 fully saturated rings. The van der Waals surface area contributed by atoms with Gasteiger partial charge in [-0.15, -0.1) is 5.10 Å². The highest BCUT2D eigenvalue weighted by molar-refractivity contribution is 5.75. The molecule has 1 aromatic rings. The van der Waals surface area contributed by atoms with Crippen molar-refractivity contribution in [2.24, 2.45) is 0 Å². The van der Waals surface area contributed by atoms with E-state index in [4.69, 9.17) is 4.42 Å². The van der Waals surface area contributed by atoms with E-state index in [-0.39, 0.29) is 5.91 Å². The number of carbonyl (C=O) groups is 1. The predicted octanol–water partition coefficient (Wildman–Crippen LogP) is -0.663. The summed E-state index contributed by atoms with van der Waals surface area (Å²) < 4.78 is 5.21. The third kappa shape index (κ3) is 3.94. The van der Waals surface area contributed by atoms with Crippen LogP contribution >= 0.6 is 0 Å². The summed E-state index contributed by atoms with van der Waals surface area (Å²) >= 11 is 0. The first kappa shape index (κ1) is 11.4. The molecule has 1 amide bonds. The zero-order valence-corrected chi connectivity index (χ0v) is 8.83. The van der Waals surface area contributed by atoms with E-state index < -0.39 is 0 Å². The molecule has 0 aliphatic rings. The van der Waals surface area contributed by atoms with Crippen molar-refractivity contribution in [1.82, 2.24) is 20.8 Å². The number of hydrogen-bond donors (Lipinski definition) is 3. The Morgan fingerprint density at radius 3 is 2.87 bits per heavy atom. The van der Waals surface area contributed by atoms with Crippen molar-refractivity contribution in [3.8, 4) is 0 Å². The Morgan fingerprint density at radius 1 is 1.40 bits per heavy atom. The van der Waals surface area contributed by atoms with Crippen molar-refractivity contribution in [3.05, 3.63) is 5.89 Å². The number of rotatable bonds is 6. The lowest BCUT2D eigenvalue weighted by molar-refractivity contribution is -0.120. The highest BCUT2D eigenvalue weighted by atomic mass is 16.4. The molecule has 15 heavy (non-hydrogen) atoms. The molecule has 0 saturated carbocycles. The second kappa shape index (κ2) is 5.97. The Morgan fingerprint density at radius 2 is 2.20 bits per heavy atom. The van der Waals surface area contributed by atoms with E-state index in [2.05, 4.69) is 26.1 Å². The van der Waals surface area contributed by atoms with Gasteiger partial charge in [0.2, 0.25) is 11.8 Å². The molecule has 1 aromatic heterocycles. The maximum absolute atomic E-state index is 10.9. The van der Waals surface area contributed by atoms with E-state index in [9.17, 15) is 4.79 Å².